The Morgan fingerprint density at radius 3 is 2.78 bits per heavy atom. The van der Waals surface area contributed by atoms with Crippen LogP contribution in [0.25, 0.3) is 16.6 Å². The van der Waals surface area contributed by atoms with Crippen molar-refractivity contribution in [3.63, 3.8) is 0 Å². The van der Waals surface area contributed by atoms with Crippen LogP contribution in [-0.2, 0) is 13.5 Å². The van der Waals surface area contributed by atoms with Crippen molar-refractivity contribution in [2.45, 2.75) is 26.7 Å². The molecule has 3 aromatic rings. The predicted molar refractivity (Wildman–Crippen MR) is 92.3 cm³/mol. The largest absolute Gasteiger partial charge is 0.271 e. The fraction of sp³-hybridized carbons (Fsp3) is 0.353. The molecule has 5 nitrogen and oxygen atoms in total. The van der Waals surface area contributed by atoms with E-state index in [4.69, 9.17) is 11.6 Å². The summed E-state index contributed by atoms with van der Waals surface area (Å²) in [7, 11) is 1.88. The van der Waals surface area contributed by atoms with Crippen LogP contribution in [0, 0.1) is 5.92 Å². The number of benzene rings is 1. The Kier molecular flexibility index (Phi) is 4.22. The molecule has 0 unspecified atom stereocenters. The van der Waals surface area contributed by atoms with Crippen molar-refractivity contribution < 1.29 is 0 Å². The highest BCUT2D eigenvalue weighted by atomic mass is 35.5. The quantitative estimate of drug-likeness (QED) is 0.737. The van der Waals surface area contributed by atoms with Gasteiger partial charge in [0.2, 0.25) is 0 Å². The molecule has 0 aliphatic carbocycles. The topological polar surface area (TPSA) is 52.7 Å². The highest BCUT2D eigenvalue weighted by molar-refractivity contribution is 6.29. The maximum atomic E-state index is 12.3. The van der Waals surface area contributed by atoms with Crippen LogP contribution in [0.3, 0.4) is 0 Å². The lowest BCUT2D eigenvalue weighted by atomic mass is 9.96. The number of aromatic nitrogens is 4. The minimum absolute atomic E-state index is 0.198. The zero-order valence-electron chi connectivity index (χ0n) is 13.5. The third kappa shape index (κ3) is 2.88. The van der Waals surface area contributed by atoms with E-state index >= 15 is 0 Å². The maximum Gasteiger partial charge on any atom is 0.271 e. The van der Waals surface area contributed by atoms with Gasteiger partial charge in [0.15, 0.2) is 0 Å². The van der Waals surface area contributed by atoms with Gasteiger partial charge in [-0.1, -0.05) is 37.9 Å². The lowest BCUT2D eigenvalue weighted by Gasteiger charge is -2.15. The van der Waals surface area contributed by atoms with Crippen molar-refractivity contribution >= 4 is 22.5 Å². The first-order valence-corrected chi connectivity index (χ1v) is 8.09. The van der Waals surface area contributed by atoms with E-state index in [9.17, 15) is 4.79 Å². The van der Waals surface area contributed by atoms with Crippen LogP contribution in [-0.4, -0.2) is 19.6 Å². The molecule has 0 bridgehead atoms. The Bertz CT molecular complexity index is 913. The molecule has 0 fully saturated rings. The third-order valence-electron chi connectivity index (χ3n) is 4.23. The molecule has 0 saturated carbocycles. The smallest absolute Gasteiger partial charge is 0.268 e. The minimum atomic E-state index is -0.198. The van der Waals surface area contributed by atoms with Gasteiger partial charge in [0.05, 0.1) is 17.4 Å². The highest BCUT2D eigenvalue weighted by Crippen LogP contribution is 2.27. The number of halogens is 1. The van der Waals surface area contributed by atoms with E-state index in [-0.39, 0.29) is 5.56 Å². The van der Waals surface area contributed by atoms with E-state index < -0.39 is 0 Å². The van der Waals surface area contributed by atoms with E-state index in [0.29, 0.717) is 11.1 Å². The van der Waals surface area contributed by atoms with Gasteiger partial charge in [0.25, 0.3) is 5.56 Å². The molecule has 0 amide bonds. The van der Waals surface area contributed by atoms with Gasteiger partial charge < -0.3 is 0 Å². The molecule has 0 radical (unpaired) electrons. The first kappa shape index (κ1) is 15.7. The summed E-state index contributed by atoms with van der Waals surface area (Å²) in [6.07, 6.45) is 3.72. The molecule has 23 heavy (non-hydrogen) atoms. The molecule has 1 atom stereocenters. The van der Waals surface area contributed by atoms with Crippen molar-refractivity contribution in [2.24, 2.45) is 13.0 Å². The Labute approximate surface area is 139 Å². The summed E-state index contributed by atoms with van der Waals surface area (Å²) in [6.45, 7) is 4.36. The third-order valence-corrected chi connectivity index (χ3v) is 4.43. The van der Waals surface area contributed by atoms with Crippen LogP contribution in [0.1, 0.15) is 25.8 Å². The van der Waals surface area contributed by atoms with Crippen LogP contribution in [0.4, 0.5) is 0 Å². The van der Waals surface area contributed by atoms with Gasteiger partial charge >= 0.3 is 0 Å². The fourth-order valence-electron chi connectivity index (χ4n) is 2.74. The molecule has 0 aliphatic heterocycles. The molecule has 3 rings (SSSR count). The van der Waals surface area contributed by atoms with Crippen molar-refractivity contribution in [3.05, 3.63) is 51.5 Å². The number of rotatable bonds is 4. The fourth-order valence-corrected chi connectivity index (χ4v) is 2.88. The van der Waals surface area contributed by atoms with E-state index in [1.807, 2.05) is 13.1 Å². The zero-order valence-corrected chi connectivity index (χ0v) is 14.2. The number of hydrogen-bond donors (Lipinski definition) is 0. The van der Waals surface area contributed by atoms with Crippen molar-refractivity contribution in [1.29, 1.82) is 0 Å². The second-order valence-corrected chi connectivity index (χ2v) is 6.29. The monoisotopic (exact) mass is 330 g/mol. The SMILES string of the molecule is CC[C@@H](C)Cc1ccc2c(cnn2C)c1-n1nc(Cl)ccc1=O. The Morgan fingerprint density at radius 1 is 1.26 bits per heavy atom. The van der Waals surface area contributed by atoms with Crippen LogP contribution in [0.15, 0.2) is 35.3 Å². The van der Waals surface area contributed by atoms with Gasteiger partial charge in [-0.3, -0.25) is 9.48 Å². The lowest BCUT2D eigenvalue weighted by molar-refractivity contribution is 0.558. The summed E-state index contributed by atoms with van der Waals surface area (Å²) in [5, 5.41) is 9.74. The van der Waals surface area contributed by atoms with E-state index in [0.717, 1.165) is 35.0 Å². The minimum Gasteiger partial charge on any atom is -0.268 e. The molecule has 0 spiro atoms. The first-order chi connectivity index (χ1) is 11.0. The molecule has 2 aromatic heterocycles. The lowest BCUT2D eigenvalue weighted by Crippen LogP contribution is -2.22. The molecule has 0 saturated heterocycles. The second-order valence-electron chi connectivity index (χ2n) is 5.90. The predicted octanol–water partition coefficient (Wildman–Crippen LogP) is 3.36. The highest BCUT2D eigenvalue weighted by Gasteiger charge is 2.16. The molecule has 0 aliphatic rings. The van der Waals surface area contributed by atoms with E-state index in [1.54, 1.807) is 10.9 Å². The number of hydrogen-bond acceptors (Lipinski definition) is 3. The summed E-state index contributed by atoms with van der Waals surface area (Å²) in [4.78, 5) is 12.3. The maximum absolute atomic E-state index is 12.3. The molecule has 1 aromatic carbocycles. The number of nitrogens with zero attached hydrogens (tertiary/aromatic N) is 4. The molecular formula is C17H19ClN4O. The standard InChI is InChI=1S/C17H19ClN4O/c1-4-11(2)9-12-5-6-14-13(10-19-21(14)3)17(12)22-16(23)8-7-15(18)20-22/h5-8,10-11H,4,9H2,1-3H3/t11-/m1/s1. The Balaban J connectivity index is 2.32. The first-order valence-electron chi connectivity index (χ1n) is 7.71. The second kappa shape index (κ2) is 6.16. The molecule has 0 N–H and O–H groups in total. The van der Waals surface area contributed by atoms with Crippen molar-refractivity contribution in [2.75, 3.05) is 0 Å². The van der Waals surface area contributed by atoms with Crippen LogP contribution >= 0.6 is 11.6 Å². The van der Waals surface area contributed by atoms with Gasteiger partial charge in [-0.25, -0.2) is 0 Å². The van der Waals surface area contributed by atoms with Crippen LogP contribution in [0.2, 0.25) is 5.15 Å². The van der Waals surface area contributed by atoms with E-state index in [2.05, 4.69) is 30.1 Å². The van der Waals surface area contributed by atoms with Crippen molar-refractivity contribution in [3.8, 4) is 5.69 Å². The number of fused-ring (bicyclic) bond motifs is 1. The molecular weight excluding hydrogens is 312 g/mol. The summed E-state index contributed by atoms with van der Waals surface area (Å²) in [5.74, 6) is 0.512. The Hall–Kier alpha value is -2.14. The summed E-state index contributed by atoms with van der Waals surface area (Å²) in [6, 6.07) is 7.05. The van der Waals surface area contributed by atoms with E-state index in [1.165, 1.54) is 16.8 Å². The molecule has 2 heterocycles. The molecule has 120 valence electrons. The summed E-state index contributed by atoms with van der Waals surface area (Å²) < 4.78 is 3.19. The molecule has 6 heteroatoms. The van der Waals surface area contributed by atoms with Gasteiger partial charge in [0.1, 0.15) is 5.15 Å². The summed E-state index contributed by atoms with van der Waals surface area (Å²) in [5.41, 5.74) is 2.62. The van der Waals surface area contributed by atoms with Crippen LogP contribution in [0.5, 0.6) is 0 Å². The normalized spacial score (nSPS) is 12.7. The Morgan fingerprint density at radius 2 is 2.04 bits per heavy atom. The average Bonchev–Trinajstić information content (AvgIpc) is 2.91. The summed E-state index contributed by atoms with van der Waals surface area (Å²) >= 11 is 6.02. The zero-order chi connectivity index (χ0) is 16.6. The van der Waals surface area contributed by atoms with Gasteiger partial charge in [-0.2, -0.15) is 14.9 Å². The van der Waals surface area contributed by atoms with Gasteiger partial charge in [-0.05, 0) is 30.0 Å². The van der Waals surface area contributed by atoms with Crippen molar-refractivity contribution in [1.82, 2.24) is 19.6 Å². The number of aryl methyl sites for hydroxylation is 1. The van der Waals surface area contributed by atoms with Gasteiger partial charge in [0, 0.05) is 18.5 Å². The van der Waals surface area contributed by atoms with Gasteiger partial charge in [-0.15, -0.1) is 0 Å². The van der Waals surface area contributed by atoms with Crippen LogP contribution < -0.4 is 5.56 Å². The average molecular weight is 331 g/mol.